The van der Waals surface area contributed by atoms with Gasteiger partial charge in [-0.1, -0.05) is 30.3 Å². The Kier molecular flexibility index (Phi) is 4.30. The molecule has 1 unspecified atom stereocenters. The maximum atomic E-state index is 12.9. The Balaban J connectivity index is 2.21. The highest BCUT2D eigenvalue weighted by Crippen LogP contribution is 2.37. The van der Waals surface area contributed by atoms with E-state index in [0.717, 1.165) is 12.5 Å². The molecule has 1 heterocycles. The lowest BCUT2D eigenvalue weighted by molar-refractivity contribution is -0.136. The van der Waals surface area contributed by atoms with E-state index in [9.17, 15) is 13.2 Å². The number of alkyl halides is 3. The first kappa shape index (κ1) is 14.5. The Bertz CT molecular complexity index is 502. The predicted molar refractivity (Wildman–Crippen MR) is 74.0 cm³/mol. The van der Waals surface area contributed by atoms with E-state index in [1.54, 1.807) is 0 Å². The lowest BCUT2D eigenvalue weighted by Gasteiger charge is -2.14. The number of nitrogens with one attached hydrogen (secondary N) is 1. The number of nitrogens with zero attached hydrogens (tertiary/aromatic N) is 1. The zero-order valence-electron chi connectivity index (χ0n) is 10.1. The Labute approximate surface area is 118 Å². The van der Waals surface area contributed by atoms with Crippen LogP contribution in [0.4, 0.5) is 18.9 Å². The maximum absolute atomic E-state index is 12.9. The van der Waals surface area contributed by atoms with E-state index in [-0.39, 0.29) is 10.7 Å². The SMILES string of the molecule is CCC1CN=C(Nc2ccc(Cl)cc2C(F)(F)F)S1. The van der Waals surface area contributed by atoms with Gasteiger partial charge in [-0.05, 0) is 24.6 Å². The zero-order valence-corrected chi connectivity index (χ0v) is 11.7. The number of hydrogen-bond donors (Lipinski definition) is 1. The molecule has 1 aliphatic rings. The molecule has 19 heavy (non-hydrogen) atoms. The largest absolute Gasteiger partial charge is 0.418 e. The summed E-state index contributed by atoms with van der Waals surface area (Å²) >= 11 is 7.09. The van der Waals surface area contributed by atoms with E-state index in [4.69, 9.17) is 11.6 Å². The van der Waals surface area contributed by atoms with Gasteiger partial charge in [0.2, 0.25) is 0 Å². The first-order valence-corrected chi connectivity index (χ1v) is 7.00. The molecule has 0 radical (unpaired) electrons. The number of thioether (sulfide) groups is 1. The van der Waals surface area contributed by atoms with Gasteiger partial charge in [-0.2, -0.15) is 13.2 Å². The Hall–Kier alpha value is -0.880. The van der Waals surface area contributed by atoms with Gasteiger partial charge in [0.25, 0.3) is 0 Å². The quantitative estimate of drug-likeness (QED) is 0.860. The fourth-order valence-corrected chi connectivity index (χ4v) is 2.80. The molecule has 0 aliphatic carbocycles. The van der Waals surface area contributed by atoms with Gasteiger partial charge in [-0.25, -0.2) is 0 Å². The van der Waals surface area contributed by atoms with Crippen LogP contribution in [0.2, 0.25) is 5.02 Å². The molecule has 0 aromatic heterocycles. The normalized spacial score (nSPS) is 19.4. The van der Waals surface area contributed by atoms with Crippen molar-refractivity contribution in [1.82, 2.24) is 0 Å². The molecule has 0 fully saturated rings. The van der Waals surface area contributed by atoms with Crippen LogP contribution >= 0.6 is 23.4 Å². The van der Waals surface area contributed by atoms with E-state index >= 15 is 0 Å². The molecular formula is C12H12ClF3N2S. The van der Waals surface area contributed by atoms with Crippen LogP contribution in [0.5, 0.6) is 0 Å². The lowest BCUT2D eigenvalue weighted by Crippen LogP contribution is -2.13. The summed E-state index contributed by atoms with van der Waals surface area (Å²) in [5.41, 5.74) is -0.789. The van der Waals surface area contributed by atoms with Crippen LogP contribution in [0.25, 0.3) is 0 Å². The summed E-state index contributed by atoms with van der Waals surface area (Å²) in [5.74, 6) is 0. The van der Waals surface area contributed by atoms with E-state index < -0.39 is 11.7 Å². The summed E-state index contributed by atoms with van der Waals surface area (Å²) in [5, 5.41) is 3.67. The maximum Gasteiger partial charge on any atom is 0.418 e. The molecular weight excluding hydrogens is 297 g/mol. The van der Waals surface area contributed by atoms with Crippen LogP contribution in [0.3, 0.4) is 0 Å². The zero-order chi connectivity index (χ0) is 14.0. The predicted octanol–water partition coefficient (Wildman–Crippen LogP) is 4.65. The monoisotopic (exact) mass is 308 g/mol. The highest BCUT2D eigenvalue weighted by Gasteiger charge is 2.34. The summed E-state index contributed by atoms with van der Waals surface area (Å²) in [7, 11) is 0. The molecule has 1 atom stereocenters. The standard InChI is InChI=1S/C12H12ClF3N2S/c1-2-8-6-17-11(19-8)18-10-4-3-7(13)5-9(10)12(14,15)16/h3-5,8H,2,6H2,1H3,(H,17,18). The summed E-state index contributed by atoms with van der Waals surface area (Å²) in [6, 6.07) is 3.67. The Morgan fingerprint density at radius 1 is 1.47 bits per heavy atom. The molecule has 0 saturated heterocycles. The third-order valence-corrected chi connectivity index (χ3v) is 4.21. The van der Waals surface area contributed by atoms with Gasteiger partial charge < -0.3 is 5.32 Å². The van der Waals surface area contributed by atoms with E-state index in [1.165, 1.54) is 23.9 Å². The molecule has 1 aromatic carbocycles. The van der Waals surface area contributed by atoms with Crippen molar-refractivity contribution in [3.63, 3.8) is 0 Å². The van der Waals surface area contributed by atoms with Crippen LogP contribution in [-0.2, 0) is 6.18 Å². The molecule has 2 nitrogen and oxygen atoms in total. The lowest BCUT2D eigenvalue weighted by atomic mass is 10.1. The molecule has 104 valence electrons. The van der Waals surface area contributed by atoms with E-state index in [2.05, 4.69) is 10.3 Å². The number of amidine groups is 1. The van der Waals surface area contributed by atoms with Crippen LogP contribution in [0.1, 0.15) is 18.9 Å². The van der Waals surface area contributed by atoms with Gasteiger partial charge >= 0.3 is 6.18 Å². The van der Waals surface area contributed by atoms with Crippen LogP contribution in [0, 0.1) is 0 Å². The summed E-state index contributed by atoms with van der Waals surface area (Å²) < 4.78 is 38.7. The molecule has 7 heteroatoms. The summed E-state index contributed by atoms with van der Waals surface area (Å²) in [4.78, 5) is 4.20. The second-order valence-corrected chi connectivity index (χ2v) is 5.83. The summed E-state index contributed by atoms with van der Waals surface area (Å²) in [6.07, 6.45) is -3.51. The van der Waals surface area contributed by atoms with Crippen molar-refractivity contribution in [2.75, 3.05) is 11.9 Å². The fraction of sp³-hybridized carbons (Fsp3) is 0.417. The number of aliphatic imine (C=N–C) groups is 1. The molecule has 1 aromatic rings. The number of rotatable bonds is 2. The van der Waals surface area contributed by atoms with Gasteiger partial charge in [0.1, 0.15) is 0 Å². The number of hydrogen-bond acceptors (Lipinski definition) is 3. The number of benzene rings is 1. The Morgan fingerprint density at radius 2 is 2.21 bits per heavy atom. The van der Waals surface area contributed by atoms with Crippen molar-refractivity contribution < 1.29 is 13.2 Å². The molecule has 1 aliphatic heterocycles. The van der Waals surface area contributed by atoms with Crippen molar-refractivity contribution in [2.24, 2.45) is 4.99 Å². The van der Waals surface area contributed by atoms with E-state index in [1.807, 2.05) is 6.92 Å². The van der Waals surface area contributed by atoms with Gasteiger partial charge in [0.15, 0.2) is 5.17 Å². The highest BCUT2D eigenvalue weighted by atomic mass is 35.5. The molecule has 0 bridgehead atoms. The average molecular weight is 309 g/mol. The van der Waals surface area contributed by atoms with Gasteiger partial charge in [-0.15, -0.1) is 0 Å². The van der Waals surface area contributed by atoms with Gasteiger partial charge in [0.05, 0.1) is 17.8 Å². The van der Waals surface area contributed by atoms with Crippen molar-refractivity contribution in [3.05, 3.63) is 28.8 Å². The first-order valence-electron chi connectivity index (χ1n) is 5.75. The van der Waals surface area contributed by atoms with E-state index in [0.29, 0.717) is 17.0 Å². The minimum absolute atomic E-state index is 0.0140. The molecule has 2 rings (SSSR count). The highest BCUT2D eigenvalue weighted by molar-refractivity contribution is 8.15. The van der Waals surface area contributed by atoms with Crippen LogP contribution in [-0.4, -0.2) is 17.0 Å². The second kappa shape index (κ2) is 5.63. The third kappa shape index (κ3) is 3.57. The van der Waals surface area contributed by atoms with Gasteiger partial charge in [-0.3, -0.25) is 4.99 Å². The van der Waals surface area contributed by atoms with Crippen molar-refractivity contribution in [1.29, 1.82) is 0 Å². The topological polar surface area (TPSA) is 24.4 Å². The average Bonchev–Trinajstić information content (AvgIpc) is 2.78. The fourth-order valence-electron chi connectivity index (χ4n) is 1.67. The third-order valence-electron chi connectivity index (χ3n) is 2.70. The van der Waals surface area contributed by atoms with Crippen LogP contribution in [0.15, 0.2) is 23.2 Å². The van der Waals surface area contributed by atoms with Gasteiger partial charge in [0, 0.05) is 10.3 Å². The molecule has 1 N–H and O–H groups in total. The molecule has 0 amide bonds. The van der Waals surface area contributed by atoms with Crippen molar-refractivity contribution in [2.45, 2.75) is 24.8 Å². The van der Waals surface area contributed by atoms with Crippen molar-refractivity contribution in [3.8, 4) is 0 Å². The number of halogens is 4. The molecule has 0 saturated carbocycles. The molecule has 0 spiro atoms. The van der Waals surface area contributed by atoms with Crippen LogP contribution < -0.4 is 5.32 Å². The number of anilines is 1. The Morgan fingerprint density at radius 3 is 2.79 bits per heavy atom. The smallest absolute Gasteiger partial charge is 0.334 e. The first-order chi connectivity index (χ1) is 8.90. The minimum Gasteiger partial charge on any atom is -0.334 e. The second-order valence-electron chi connectivity index (χ2n) is 4.11. The minimum atomic E-state index is -4.44. The summed E-state index contributed by atoms with van der Waals surface area (Å²) in [6.45, 7) is 2.66. The van der Waals surface area contributed by atoms with Crippen molar-refractivity contribution >= 4 is 34.2 Å².